The summed E-state index contributed by atoms with van der Waals surface area (Å²) in [6.07, 6.45) is 11.9. The molecule has 1 saturated heterocycles. The van der Waals surface area contributed by atoms with Gasteiger partial charge in [0.05, 0.1) is 19.1 Å². The van der Waals surface area contributed by atoms with E-state index in [2.05, 4.69) is 24.4 Å². The summed E-state index contributed by atoms with van der Waals surface area (Å²) in [5, 5.41) is 3.04. The van der Waals surface area contributed by atoms with Gasteiger partial charge < -0.3 is 20.7 Å². The van der Waals surface area contributed by atoms with Crippen molar-refractivity contribution < 1.29 is 19.1 Å². The normalized spacial score (nSPS) is 21.3. The maximum absolute atomic E-state index is 12.0. The zero-order valence-electron chi connectivity index (χ0n) is 20.0. The van der Waals surface area contributed by atoms with Crippen LogP contribution < -0.4 is 11.1 Å². The molecule has 2 fully saturated rings. The van der Waals surface area contributed by atoms with Crippen LogP contribution in [-0.2, 0) is 19.1 Å². The number of primary amides is 1. The second-order valence-corrected chi connectivity index (χ2v) is 8.55. The van der Waals surface area contributed by atoms with Crippen molar-refractivity contribution in [3.05, 3.63) is 42.5 Å². The third-order valence-electron chi connectivity index (χ3n) is 5.91. The zero-order chi connectivity index (χ0) is 24.1. The van der Waals surface area contributed by atoms with Gasteiger partial charge in [0.25, 0.3) is 0 Å². The van der Waals surface area contributed by atoms with E-state index >= 15 is 0 Å². The first-order chi connectivity index (χ1) is 16.0. The molecule has 0 radical (unpaired) electrons. The topological polar surface area (TPSA) is 102 Å². The monoisotopic (exact) mass is 457 g/mol. The highest BCUT2D eigenvalue weighted by Crippen LogP contribution is 2.40. The van der Waals surface area contributed by atoms with Gasteiger partial charge in [-0.15, -0.1) is 0 Å². The highest BCUT2D eigenvalue weighted by atomic mass is 16.5. The van der Waals surface area contributed by atoms with Crippen LogP contribution in [0.4, 0.5) is 5.69 Å². The third-order valence-corrected chi connectivity index (χ3v) is 5.91. The fourth-order valence-electron chi connectivity index (χ4n) is 3.93. The predicted octanol–water partition coefficient (Wildman–Crippen LogP) is 3.90. The predicted molar refractivity (Wildman–Crippen MR) is 130 cm³/mol. The molecule has 0 spiro atoms. The van der Waals surface area contributed by atoms with Gasteiger partial charge in [-0.25, -0.2) is 0 Å². The minimum absolute atomic E-state index is 0.0132. The number of nitrogens with one attached hydrogen (secondary N) is 1. The van der Waals surface area contributed by atoms with E-state index in [1.807, 2.05) is 37.3 Å². The molecule has 1 heterocycles. The van der Waals surface area contributed by atoms with E-state index in [-0.39, 0.29) is 24.3 Å². The Kier molecular flexibility index (Phi) is 11.5. The molecule has 2 amide bonds. The summed E-state index contributed by atoms with van der Waals surface area (Å²) in [4.78, 5) is 36.1. The molecule has 1 aliphatic carbocycles. The van der Waals surface area contributed by atoms with Crippen LogP contribution in [0, 0.1) is 11.8 Å². The van der Waals surface area contributed by atoms with Gasteiger partial charge in [0, 0.05) is 12.2 Å². The molecule has 2 aliphatic rings. The number of likely N-dealkylation sites (tertiary alicyclic amines) is 1. The zero-order valence-corrected chi connectivity index (χ0v) is 20.0. The van der Waals surface area contributed by atoms with Gasteiger partial charge in [0.1, 0.15) is 6.04 Å². The summed E-state index contributed by atoms with van der Waals surface area (Å²) in [6, 6.07) is 9.06. The van der Waals surface area contributed by atoms with E-state index in [1.165, 1.54) is 19.3 Å². The number of rotatable bonds is 11. The highest BCUT2D eigenvalue weighted by Gasteiger charge is 2.42. The van der Waals surface area contributed by atoms with Gasteiger partial charge >= 0.3 is 5.97 Å². The Morgan fingerprint density at radius 3 is 2.61 bits per heavy atom. The Labute approximate surface area is 197 Å². The number of hydrogen-bond donors (Lipinski definition) is 2. The van der Waals surface area contributed by atoms with Gasteiger partial charge in [0.15, 0.2) is 0 Å². The third kappa shape index (κ3) is 9.28. The van der Waals surface area contributed by atoms with Crippen LogP contribution in [0.25, 0.3) is 0 Å². The van der Waals surface area contributed by atoms with E-state index in [9.17, 15) is 14.4 Å². The van der Waals surface area contributed by atoms with Crippen LogP contribution in [0.1, 0.15) is 58.8 Å². The van der Waals surface area contributed by atoms with Crippen molar-refractivity contribution >= 4 is 23.5 Å². The summed E-state index contributed by atoms with van der Waals surface area (Å²) in [5.41, 5.74) is 6.17. The van der Waals surface area contributed by atoms with Crippen LogP contribution in [0.15, 0.2) is 42.5 Å². The smallest absolute Gasteiger partial charge is 0.309 e. The molecule has 1 saturated carbocycles. The Balaban J connectivity index is 0.000000238. The van der Waals surface area contributed by atoms with Gasteiger partial charge in [-0.05, 0) is 57.1 Å². The molecule has 1 aromatic carbocycles. The summed E-state index contributed by atoms with van der Waals surface area (Å²) < 4.78 is 4.97. The summed E-state index contributed by atoms with van der Waals surface area (Å²) in [7, 11) is 0. The number of anilines is 1. The molecule has 0 aromatic heterocycles. The summed E-state index contributed by atoms with van der Waals surface area (Å²) in [6.45, 7) is 5.37. The van der Waals surface area contributed by atoms with Crippen LogP contribution in [-0.4, -0.2) is 48.4 Å². The number of ether oxygens (including phenoxy) is 1. The quantitative estimate of drug-likeness (QED) is 0.298. The maximum Gasteiger partial charge on any atom is 0.309 e. The lowest BCUT2D eigenvalue weighted by Gasteiger charge is -2.22. The molecule has 1 aromatic rings. The van der Waals surface area contributed by atoms with E-state index in [0.717, 1.165) is 24.9 Å². The van der Waals surface area contributed by atoms with Gasteiger partial charge in [-0.2, -0.15) is 0 Å². The van der Waals surface area contributed by atoms with Gasteiger partial charge in [-0.3, -0.25) is 14.4 Å². The number of carbonyl (C=O) groups excluding carboxylic acids is 3. The average Bonchev–Trinajstić information content (AvgIpc) is 3.41. The molecule has 3 N–H and O–H groups in total. The molecule has 33 heavy (non-hydrogen) atoms. The van der Waals surface area contributed by atoms with Crippen LogP contribution in [0.3, 0.4) is 0 Å². The minimum Gasteiger partial charge on any atom is -0.466 e. The van der Waals surface area contributed by atoms with Crippen molar-refractivity contribution in [1.82, 2.24) is 4.90 Å². The Hall–Kier alpha value is -2.83. The second kappa shape index (κ2) is 14.3. The molecular formula is C26H39N3O4. The second-order valence-electron chi connectivity index (χ2n) is 8.55. The Bertz CT molecular complexity index is 781. The SMILES string of the molecule is CCCCC/C=C\C1CC1C(=O)OCC.NC(=O)C1CCCN1C(=O)CNc1ccccc1. The first kappa shape index (κ1) is 26.4. The number of nitrogens with two attached hydrogens (primary N) is 1. The lowest BCUT2D eigenvalue weighted by atomic mass is 10.2. The molecular weight excluding hydrogens is 418 g/mol. The number of nitrogens with zero attached hydrogens (tertiary/aromatic N) is 1. The standard InChI is InChI=1S/C13H17N3O2.C13H22O2/c14-13(18)11-7-4-8-16(11)12(17)9-15-10-5-2-1-3-6-10;1-3-5-6-7-8-9-11-10-12(11)13(14)15-4-2/h1-3,5-6,11,15H,4,7-9H2,(H2,14,18);8-9,11-12H,3-7,10H2,1-2H3/b;9-8-. The molecule has 182 valence electrons. The number of hydrogen-bond acceptors (Lipinski definition) is 5. The number of carbonyl (C=O) groups is 3. The molecule has 1 aliphatic heterocycles. The van der Waals surface area contributed by atoms with Crippen molar-refractivity contribution in [3.63, 3.8) is 0 Å². The summed E-state index contributed by atoms with van der Waals surface area (Å²) >= 11 is 0. The van der Waals surface area contributed by atoms with Gasteiger partial charge in [0.2, 0.25) is 11.8 Å². The molecule has 7 heteroatoms. The summed E-state index contributed by atoms with van der Waals surface area (Å²) in [5.74, 6) is 0.111. The molecule has 3 rings (SSSR count). The lowest BCUT2D eigenvalue weighted by Crippen LogP contribution is -2.45. The van der Waals surface area contributed by atoms with Crippen LogP contribution >= 0.6 is 0 Å². The van der Waals surface area contributed by atoms with Crippen molar-refractivity contribution in [2.45, 2.75) is 64.8 Å². The minimum atomic E-state index is -0.435. The number of allylic oxidation sites excluding steroid dienone is 2. The number of benzene rings is 1. The maximum atomic E-state index is 12.0. The van der Waals surface area contributed by atoms with E-state index in [1.54, 1.807) is 4.90 Å². The number of amides is 2. The van der Waals surface area contributed by atoms with Crippen molar-refractivity contribution in [1.29, 1.82) is 0 Å². The number of para-hydroxylation sites is 1. The van der Waals surface area contributed by atoms with Crippen molar-refractivity contribution in [2.24, 2.45) is 17.6 Å². The average molecular weight is 458 g/mol. The number of unbranched alkanes of at least 4 members (excludes halogenated alkanes) is 3. The Morgan fingerprint density at radius 2 is 1.94 bits per heavy atom. The van der Waals surface area contributed by atoms with E-state index in [0.29, 0.717) is 25.5 Å². The van der Waals surface area contributed by atoms with Crippen LogP contribution in [0.2, 0.25) is 0 Å². The molecule has 3 atom stereocenters. The first-order valence-electron chi connectivity index (χ1n) is 12.2. The largest absolute Gasteiger partial charge is 0.466 e. The van der Waals surface area contributed by atoms with E-state index in [4.69, 9.17) is 10.5 Å². The highest BCUT2D eigenvalue weighted by molar-refractivity contribution is 5.89. The Morgan fingerprint density at radius 1 is 1.18 bits per heavy atom. The number of esters is 1. The van der Waals surface area contributed by atoms with Gasteiger partial charge in [-0.1, -0.05) is 50.1 Å². The molecule has 7 nitrogen and oxygen atoms in total. The molecule has 0 bridgehead atoms. The fourth-order valence-corrected chi connectivity index (χ4v) is 3.93. The van der Waals surface area contributed by atoms with Crippen molar-refractivity contribution in [2.75, 3.05) is 25.0 Å². The van der Waals surface area contributed by atoms with Crippen molar-refractivity contribution in [3.8, 4) is 0 Å². The first-order valence-corrected chi connectivity index (χ1v) is 12.2. The fraction of sp³-hybridized carbons (Fsp3) is 0.577. The lowest BCUT2D eigenvalue weighted by molar-refractivity contribution is -0.144. The molecule has 3 unspecified atom stereocenters. The van der Waals surface area contributed by atoms with Crippen LogP contribution in [0.5, 0.6) is 0 Å². The van der Waals surface area contributed by atoms with E-state index < -0.39 is 11.9 Å².